The summed E-state index contributed by atoms with van der Waals surface area (Å²) in [5, 5.41) is 7.89. The summed E-state index contributed by atoms with van der Waals surface area (Å²) >= 11 is 12.3. The number of aromatic nitrogens is 5. The van der Waals surface area contributed by atoms with Crippen molar-refractivity contribution >= 4 is 108 Å². The first-order valence-corrected chi connectivity index (χ1v) is 26.7. The minimum atomic E-state index is -1.13. The third-order valence-electron chi connectivity index (χ3n) is 12.7. The van der Waals surface area contributed by atoms with E-state index in [1.54, 1.807) is 12.1 Å². The van der Waals surface area contributed by atoms with E-state index in [9.17, 15) is 13.2 Å². The van der Waals surface area contributed by atoms with Gasteiger partial charge in [-0.1, -0.05) is 47.5 Å². The number of hydrogen-bond acceptors (Lipinski definition) is 16. The molecule has 0 spiro atoms. The fourth-order valence-electron chi connectivity index (χ4n) is 8.92. The van der Waals surface area contributed by atoms with Gasteiger partial charge in [-0.05, 0) is 90.5 Å². The minimum absolute atomic E-state index is 0.0104. The molecule has 2 fully saturated rings. The number of carbonyl (C=O) groups is 1. The van der Waals surface area contributed by atoms with Crippen LogP contribution in [0, 0.1) is 0 Å². The molecule has 7 aromatic rings. The molecule has 4 aromatic carbocycles. The first-order valence-electron chi connectivity index (χ1n) is 23.3. The van der Waals surface area contributed by atoms with E-state index in [0.717, 1.165) is 92.1 Å². The number of nitrogens with zero attached hydrogens (tertiary/aromatic N) is 9. The molecule has 7 heterocycles. The van der Waals surface area contributed by atoms with Crippen molar-refractivity contribution in [3.8, 4) is 0 Å². The molecule has 2 saturated heterocycles. The Balaban J connectivity index is 0.000000169. The lowest BCUT2D eigenvalue weighted by Crippen LogP contribution is -2.47. The maximum absolute atomic E-state index is 12.7. The largest absolute Gasteiger partial charge is 0.399 e. The topological polar surface area (TPSA) is 205 Å². The Morgan fingerprint density at radius 3 is 1.49 bits per heavy atom. The smallest absolute Gasteiger partial charge is 0.227 e. The zero-order valence-corrected chi connectivity index (χ0v) is 41.8. The highest BCUT2D eigenvalue weighted by Crippen LogP contribution is 2.35. The lowest BCUT2D eigenvalue weighted by atomic mass is 10.0. The van der Waals surface area contributed by atoms with Crippen LogP contribution < -0.4 is 41.7 Å². The molecule has 4 aliphatic heterocycles. The number of carbonyl (C=O) groups excluding carboxylic acids is 1. The van der Waals surface area contributed by atoms with Gasteiger partial charge in [-0.15, -0.1) is 0 Å². The number of benzene rings is 4. The molecule has 0 aliphatic carbocycles. The fraction of sp³-hybridized carbons (Fsp3) is 0.255. The third-order valence-corrected chi connectivity index (χ3v) is 16.1. The molecule has 20 heteroatoms. The molecule has 2 unspecified atom stereocenters. The van der Waals surface area contributed by atoms with Gasteiger partial charge in [-0.25, -0.2) is 15.0 Å². The Morgan fingerprint density at radius 2 is 1.04 bits per heavy atom. The van der Waals surface area contributed by atoms with E-state index in [1.165, 1.54) is 11.9 Å². The van der Waals surface area contributed by atoms with E-state index in [4.69, 9.17) is 54.6 Å². The number of piperazine rings is 2. The van der Waals surface area contributed by atoms with Crippen molar-refractivity contribution in [2.24, 2.45) is 0 Å². The van der Waals surface area contributed by atoms with Crippen LogP contribution in [-0.2, 0) is 40.9 Å². The molecule has 364 valence electrons. The van der Waals surface area contributed by atoms with Gasteiger partial charge < -0.3 is 41.7 Å². The van der Waals surface area contributed by atoms with Crippen LogP contribution in [-0.4, -0.2) is 103 Å². The van der Waals surface area contributed by atoms with E-state index in [2.05, 4.69) is 59.5 Å². The monoisotopic (exact) mass is 1030 g/mol. The molecule has 71 heavy (non-hydrogen) atoms. The van der Waals surface area contributed by atoms with Crippen LogP contribution in [0.5, 0.6) is 0 Å². The Morgan fingerprint density at radius 1 is 0.577 bits per heavy atom. The van der Waals surface area contributed by atoms with Gasteiger partial charge in [-0.2, -0.15) is 9.97 Å². The van der Waals surface area contributed by atoms with Crippen LogP contribution in [0.15, 0.2) is 125 Å². The van der Waals surface area contributed by atoms with Gasteiger partial charge in [0.25, 0.3) is 0 Å². The number of anilines is 10. The highest BCUT2D eigenvalue weighted by atomic mass is 35.5. The number of ketones is 1. The van der Waals surface area contributed by atoms with E-state index < -0.39 is 21.6 Å². The molecule has 3 aromatic heterocycles. The Bertz CT molecular complexity index is 3120. The molecule has 2 atom stereocenters. The highest BCUT2D eigenvalue weighted by Gasteiger charge is 2.30. The highest BCUT2D eigenvalue weighted by molar-refractivity contribution is 7.85. The Labute approximate surface area is 426 Å². The summed E-state index contributed by atoms with van der Waals surface area (Å²) < 4.78 is 25.3. The van der Waals surface area contributed by atoms with Gasteiger partial charge in [0.1, 0.15) is 15.6 Å². The van der Waals surface area contributed by atoms with Gasteiger partial charge in [0, 0.05) is 133 Å². The molecule has 16 nitrogen and oxygen atoms in total. The van der Waals surface area contributed by atoms with E-state index in [1.807, 2.05) is 72.8 Å². The second kappa shape index (κ2) is 21.2. The Kier molecular flexibility index (Phi) is 14.3. The number of hydrogen-bond donors (Lipinski definition) is 4. The fourth-order valence-corrected chi connectivity index (χ4v) is 11.9. The maximum atomic E-state index is 12.7. The second-order valence-corrected chi connectivity index (χ2v) is 21.3. The average Bonchev–Trinajstić information content (AvgIpc) is 3.96. The molecular weight excluding hydrogens is 978 g/mol. The average molecular weight is 1030 g/mol. The summed E-state index contributed by atoms with van der Waals surface area (Å²) in [6.07, 6.45) is 3.20. The predicted octanol–water partition coefficient (Wildman–Crippen LogP) is 7.71. The number of halogens is 2. The van der Waals surface area contributed by atoms with Crippen molar-refractivity contribution in [3.63, 3.8) is 0 Å². The number of fused-ring (bicyclic) bond motifs is 2. The normalized spacial score (nSPS) is 17.3. The first-order chi connectivity index (χ1) is 34.5. The number of nitrogen functional groups attached to an aromatic ring is 2. The van der Waals surface area contributed by atoms with Crippen molar-refractivity contribution in [3.05, 3.63) is 148 Å². The van der Waals surface area contributed by atoms with Crippen LogP contribution in [0.25, 0.3) is 0 Å². The molecular formula is C51H51Cl2N13O3S2. The third kappa shape index (κ3) is 11.2. The van der Waals surface area contributed by atoms with E-state index in [0.29, 0.717) is 85.5 Å². The zero-order valence-electron chi connectivity index (χ0n) is 38.6. The predicted molar refractivity (Wildman–Crippen MR) is 286 cm³/mol. The van der Waals surface area contributed by atoms with Crippen molar-refractivity contribution < 1.29 is 13.2 Å². The molecule has 4 aliphatic rings. The van der Waals surface area contributed by atoms with Gasteiger partial charge >= 0.3 is 0 Å². The van der Waals surface area contributed by atoms with E-state index in [-0.39, 0.29) is 5.78 Å². The van der Waals surface area contributed by atoms with Crippen LogP contribution >= 0.6 is 23.2 Å². The summed E-state index contributed by atoms with van der Waals surface area (Å²) in [7, 11) is -2.22. The van der Waals surface area contributed by atoms with Gasteiger partial charge in [-0.3, -0.25) is 13.2 Å². The summed E-state index contributed by atoms with van der Waals surface area (Å²) in [5.41, 5.74) is 19.3. The zero-order chi connectivity index (χ0) is 49.0. The molecule has 0 radical (unpaired) electrons. The summed E-state index contributed by atoms with van der Waals surface area (Å²) in [6, 6.07) is 34.3. The number of pyridine rings is 1. The molecule has 0 saturated carbocycles. The van der Waals surface area contributed by atoms with Crippen molar-refractivity contribution in [2.75, 3.05) is 106 Å². The lowest BCUT2D eigenvalue weighted by molar-refractivity contribution is 0.0992. The van der Waals surface area contributed by atoms with Gasteiger partial charge in [0.15, 0.2) is 17.4 Å². The van der Waals surface area contributed by atoms with Crippen LogP contribution in [0.4, 0.5) is 57.8 Å². The van der Waals surface area contributed by atoms with Crippen LogP contribution in [0.3, 0.4) is 0 Å². The number of aryl methyl sites for hydroxylation is 2. The standard InChI is InChI=1S/C29H28ClN7O2S.C22H23ClN6OS/c30-21-2-1-3-22(17-21)33-28-27-24(10-15-40(27)39)34-29(35-28)37-13-11-36(12-14-37)23-7-4-19(5-8-23)16-25(38)20-6-9-26(31)32-18-20;23-15-2-1-3-17(14-15)25-21-20-19(8-13-31(20)30)26-22(27-21)29-11-9-28(10-12-29)18-6-4-16(24)5-7-18/h1-9,17-18H,10-16H2,(H2,31,32)(H,33,34,35);1-7,14H,8-13,24H2,(H,25,26,27). The van der Waals surface area contributed by atoms with Crippen LogP contribution in [0.1, 0.15) is 27.3 Å². The van der Waals surface area contributed by atoms with Crippen molar-refractivity contribution in [1.29, 1.82) is 0 Å². The molecule has 6 N–H and O–H groups in total. The number of nitrogens with two attached hydrogens (primary N) is 2. The maximum Gasteiger partial charge on any atom is 0.227 e. The molecule has 11 rings (SSSR count). The van der Waals surface area contributed by atoms with Crippen LogP contribution in [0.2, 0.25) is 10.0 Å². The number of Topliss-reactive ketones (excluding diaryl/α,β-unsaturated/α-hetero) is 1. The second-order valence-electron chi connectivity index (χ2n) is 17.4. The summed E-state index contributed by atoms with van der Waals surface area (Å²) in [4.78, 5) is 46.2. The minimum Gasteiger partial charge on any atom is -0.399 e. The van der Waals surface area contributed by atoms with Gasteiger partial charge in [0.2, 0.25) is 11.9 Å². The lowest BCUT2D eigenvalue weighted by Gasteiger charge is -2.36. The van der Waals surface area contributed by atoms with E-state index >= 15 is 0 Å². The molecule has 0 bridgehead atoms. The molecule has 0 amide bonds. The summed E-state index contributed by atoms with van der Waals surface area (Å²) in [6.45, 7) is 6.47. The first kappa shape index (κ1) is 47.8. The van der Waals surface area contributed by atoms with Gasteiger partial charge in [0.05, 0.1) is 33.0 Å². The van der Waals surface area contributed by atoms with Crippen molar-refractivity contribution in [1.82, 2.24) is 24.9 Å². The SMILES string of the molecule is Nc1ccc(C(=O)Cc2ccc(N3CCN(c4nc5c(c(Nc6cccc(Cl)c6)n4)S(=O)CC5)CC3)cc2)cn1.Nc1ccc(N2CCN(c3nc4c(c(Nc5cccc(Cl)c5)n3)S(=O)CC4)CC2)cc1. The number of rotatable bonds is 11. The summed E-state index contributed by atoms with van der Waals surface area (Å²) in [5.74, 6) is 4.07. The quantitative estimate of drug-likeness (QED) is 0.0724. The Hall–Kier alpha value is -6.86. The van der Waals surface area contributed by atoms with Crippen molar-refractivity contribution in [2.45, 2.75) is 29.1 Å². The number of nitrogens with one attached hydrogen (secondary N) is 2.